The maximum absolute atomic E-state index is 11.8. The van der Waals surface area contributed by atoms with E-state index in [1.54, 1.807) is 36.4 Å². The first-order chi connectivity index (χ1) is 18.2. The Bertz CT molecular complexity index is 1340. The molecule has 5 nitrogen and oxygen atoms in total. The Labute approximate surface area is 232 Å². The fourth-order valence-electron chi connectivity index (χ4n) is 4.22. The Morgan fingerprint density at radius 1 is 0.590 bits per heavy atom. The van der Waals surface area contributed by atoms with Gasteiger partial charge in [-0.1, -0.05) is 93.9 Å². The second-order valence-corrected chi connectivity index (χ2v) is 12.9. The smallest absolute Gasteiger partial charge is 0.375 e. The highest BCUT2D eigenvalue weighted by molar-refractivity contribution is 7.53. The lowest BCUT2D eigenvalue weighted by Crippen LogP contribution is -2.18. The third kappa shape index (κ3) is 7.75. The molecule has 0 bridgehead atoms. The Hall–Kier alpha value is -3.53. The predicted octanol–water partition coefficient (Wildman–Crippen LogP) is 8.59. The van der Waals surface area contributed by atoms with E-state index in [2.05, 4.69) is 58.9 Å². The van der Waals surface area contributed by atoms with E-state index in [1.165, 1.54) is 30.5 Å². The van der Waals surface area contributed by atoms with Gasteiger partial charge in [0.05, 0.1) is 0 Å². The molecule has 0 aliphatic carbocycles. The molecule has 0 heterocycles. The third-order valence-electron chi connectivity index (χ3n) is 7.13. The van der Waals surface area contributed by atoms with Gasteiger partial charge in [0.15, 0.2) is 0 Å². The largest absolute Gasteiger partial charge is 0.508 e. The molecule has 0 aliphatic rings. The molecule has 4 aromatic carbocycles. The van der Waals surface area contributed by atoms with Crippen molar-refractivity contribution in [3.63, 3.8) is 0 Å². The highest BCUT2D eigenvalue weighted by Crippen LogP contribution is 2.44. The standard InChI is InChI=1S/C17H21O4P.C16H18O/c1-17(2,13-5-9-15(18)10-6-13)14-7-11-16(12-8-14)21-22(4,19)20-3;1-12-4-6-13(7-5-12)16(2,3)14-8-10-15(17)11-9-14/h5-12,18H,1-4H3;4-11,17H,1-3H3. The molecule has 2 N–H and O–H groups in total. The highest BCUT2D eigenvalue weighted by Gasteiger charge is 2.24. The Kier molecular flexibility index (Phi) is 9.32. The van der Waals surface area contributed by atoms with Crippen LogP contribution in [0.5, 0.6) is 17.2 Å². The lowest BCUT2D eigenvalue weighted by Gasteiger charge is -2.26. The molecular formula is C33H39O5P. The van der Waals surface area contributed by atoms with E-state index in [-0.39, 0.29) is 16.6 Å². The summed E-state index contributed by atoms with van der Waals surface area (Å²) in [6, 6.07) is 30.7. The van der Waals surface area contributed by atoms with Crippen LogP contribution in [-0.4, -0.2) is 24.0 Å². The van der Waals surface area contributed by atoms with Crippen LogP contribution in [-0.2, 0) is 19.9 Å². The number of aryl methyl sites for hydroxylation is 1. The molecule has 39 heavy (non-hydrogen) atoms. The van der Waals surface area contributed by atoms with E-state index in [9.17, 15) is 14.8 Å². The fourth-order valence-corrected chi connectivity index (χ4v) is 4.80. The van der Waals surface area contributed by atoms with Crippen molar-refractivity contribution >= 4 is 7.60 Å². The zero-order valence-electron chi connectivity index (χ0n) is 23.8. The van der Waals surface area contributed by atoms with Crippen LogP contribution in [0.25, 0.3) is 0 Å². The minimum absolute atomic E-state index is 0.0403. The van der Waals surface area contributed by atoms with Gasteiger partial charge in [0.25, 0.3) is 0 Å². The average molecular weight is 547 g/mol. The fraction of sp³-hybridized carbons (Fsp3) is 0.273. The van der Waals surface area contributed by atoms with Gasteiger partial charge in [-0.25, -0.2) is 4.57 Å². The lowest BCUT2D eigenvalue weighted by atomic mass is 9.78. The summed E-state index contributed by atoms with van der Waals surface area (Å²) >= 11 is 0. The zero-order chi connectivity index (χ0) is 28.8. The van der Waals surface area contributed by atoms with E-state index in [0.29, 0.717) is 11.5 Å². The van der Waals surface area contributed by atoms with Crippen LogP contribution >= 0.6 is 7.60 Å². The Balaban J connectivity index is 0.000000223. The van der Waals surface area contributed by atoms with Crippen LogP contribution in [0.1, 0.15) is 55.5 Å². The summed E-state index contributed by atoms with van der Waals surface area (Å²) in [5.41, 5.74) is 5.69. The minimum Gasteiger partial charge on any atom is -0.508 e. The van der Waals surface area contributed by atoms with Crippen LogP contribution in [0.15, 0.2) is 97.1 Å². The number of hydrogen-bond donors (Lipinski definition) is 2. The minimum atomic E-state index is -3.04. The number of phenols is 2. The molecule has 0 fully saturated rings. The topological polar surface area (TPSA) is 76.0 Å². The lowest BCUT2D eigenvalue weighted by molar-refractivity contribution is 0.328. The van der Waals surface area contributed by atoms with Gasteiger partial charge in [-0.2, -0.15) is 0 Å². The van der Waals surface area contributed by atoms with Crippen molar-refractivity contribution in [3.8, 4) is 17.2 Å². The molecule has 0 saturated carbocycles. The molecule has 6 heteroatoms. The molecule has 0 radical (unpaired) electrons. The Morgan fingerprint density at radius 3 is 1.23 bits per heavy atom. The SMILES string of the molecule is COP(C)(=O)Oc1ccc(C(C)(C)c2ccc(O)cc2)cc1.Cc1ccc(C(C)(C)c2ccc(O)cc2)cc1. The second kappa shape index (κ2) is 12.1. The number of aromatic hydroxyl groups is 2. The molecule has 1 atom stereocenters. The number of hydrogen-bond acceptors (Lipinski definition) is 5. The summed E-state index contributed by atoms with van der Waals surface area (Å²) in [6.07, 6.45) is 0. The first-order valence-electron chi connectivity index (χ1n) is 12.8. The number of phenolic OH excluding ortho intramolecular Hbond substituents is 2. The van der Waals surface area contributed by atoms with Gasteiger partial charge >= 0.3 is 7.60 Å². The van der Waals surface area contributed by atoms with Gasteiger partial charge in [0.2, 0.25) is 0 Å². The van der Waals surface area contributed by atoms with Gasteiger partial charge in [0.1, 0.15) is 17.2 Å². The van der Waals surface area contributed by atoms with Crippen LogP contribution in [0.3, 0.4) is 0 Å². The van der Waals surface area contributed by atoms with E-state index >= 15 is 0 Å². The summed E-state index contributed by atoms with van der Waals surface area (Å²) in [5.74, 6) is 1.08. The quantitative estimate of drug-likeness (QED) is 0.227. The van der Waals surface area contributed by atoms with Crippen molar-refractivity contribution in [3.05, 3.63) is 125 Å². The molecule has 0 amide bonds. The average Bonchev–Trinajstić information content (AvgIpc) is 2.90. The third-order valence-corrected chi connectivity index (χ3v) is 8.34. The van der Waals surface area contributed by atoms with Crippen LogP contribution in [0.4, 0.5) is 0 Å². The summed E-state index contributed by atoms with van der Waals surface area (Å²) in [5, 5.41) is 18.7. The maximum atomic E-state index is 11.8. The highest BCUT2D eigenvalue weighted by atomic mass is 31.2. The van der Waals surface area contributed by atoms with E-state index in [0.717, 1.165) is 11.1 Å². The molecule has 0 aliphatic heterocycles. The summed E-state index contributed by atoms with van der Waals surface area (Å²) < 4.78 is 22.0. The van der Waals surface area contributed by atoms with E-state index in [4.69, 9.17) is 9.05 Å². The van der Waals surface area contributed by atoms with Crippen molar-refractivity contribution in [1.82, 2.24) is 0 Å². The molecule has 4 rings (SSSR count). The van der Waals surface area contributed by atoms with Gasteiger partial charge in [-0.05, 0) is 65.6 Å². The van der Waals surface area contributed by atoms with E-state index in [1.807, 2.05) is 36.4 Å². The van der Waals surface area contributed by atoms with Crippen LogP contribution in [0, 0.1) is 6.92 Å². The molecule has 0 spiro atoms. The van der Waals surface area contributed by atoms with Crippen molar-refractivity contribution in [2.75, 3.05) is 13.8 Å². The first-order valence-corrected chi connectivity index (χ1v) is 14.8. The van der Waals surface area contributed by atoms with Gasteiger partial charge in [-0.3, -0.25) is 0 Å². The van der Waals surface area contributed by atoms with Crippen molar-refractivity contribution in [1.29, 1.82) is 0 Å². The van der Waals surface area contributed by atoms with Crippen molar-refractivity contribution < 1.29 is 23.8 Å². The number of rotatable bonds is 7. The maximum Gasteiger partial charge on any atom is 0.375 e. The first kappa shape index (κ1) is 30.0. The number of benzene rings is 4. The molecule has 206 valence electrons. The monoisotopic (exact) mass is 546 g/mol. The zero-order valence-corrected chi connectivity index (χ0v) is 24.7. The van der Waals surface area contributed by atoms with Gasteiger partial charge < -0.3 is 19.3 Å². The molecular weight excluding hydrogens is 507 g/mol. The van der Waals surface area contributed by atoms with E-state index < -0.39 is 7.60 Å². The molecule has 4 aromatic rings. The normalized spacial score (nSPS) is 13.1. The summed E-state index contributed by atoms with van der Waals surface area (Å²) in [7, 11) is -1.68. The molecule has 0 saturated heterocycles. The van der Waals surface area contributed by atoms with Crippen LogP contribution < -0.4 is 4.52 Å². The van der Waals surface area contributed by atoms with Gasteiger partial charge in [0, 0.05) is 24.6 Å². The van der Waals surface area contributed by atoms with Crippen molar-refractivity contribution in [2.24, 2.45) is 0 Å². The van der Waals surface area contributed by atoms with Crippen LogP contribution in [0.2, 0.25) is 0 Å². The summed E-state index contributed by atoms with van der Waals surface area (Å²) in [6.45, 7) is 12.1. The summed E-state index contributed by atoms with van der Waals surface area (Å²) in [4.78, 5) is 0. The van der Waals surface area contributed by atoms with Crippen molar-refractivity contribution in [2.45, 2.75) is 45.4 Å². The molecule has 1 unspecified atom stereocenters. The van der Waals surface area contributed by atoms with Gasteiger partial charge in [-0.15, -0.1) is 0 Å². The predicted molar refractivity (Wildman–Crippen MR) is 159 cm³/mol. The molecule has 0 aromatic heterocycles. The second-order valence-electron chi connectivity index (χ2n) is 10.8. The Morgan fingerprint density at radius 2 is 0.897 bits per heavy atom.